The standard InChI is InChI=1S/C48H40O5S/c1-32-13-17-35(18-14-32)30-42(49)31-41(29-34-9-5-3-6-10-34)36-21-23-38(24-22-36)45-44(37-11-7-4-8-12-37)47(40-25-27-43(28-26-40)54(51,52)53)48(50)46(45)39-19-15-33(2)16-20-39/h3-28,31,44,47H,29-30H2,1-2H3,(H,51,52,53)/b41-31+. The Balaban J connectivity index is 1.34. The van der Waals surface area contributed by atoms with Crippen molar-refractivity contribution < 1.29 is 22.6 Å². The molecule has 0 heterocycles. The number of Topliss-reactive ketones (excluding diaryl/α,β-unsaturated/α-hetero) is 1. The first-order valence-corrected chi connectivity index (χ1v) is 19.4. The van der Waals surface area contributed by atoms with Crippen LogP contribution in [0.2, 0.25) is 0 Å². The summed E-state index contributed by atoms with van der Waals surface area (Å²) in [6.45, 7) is 4.03. The predicted octanol–water partition coefficient (Wildman–Crippen LogP) is 10.0. The van der Waals surface area contributed by atoms with Gasteiger partial charge in [0, 0.05) is 17.9 Å². The minimum absolute atomic E-state index is 0.0200. The fourth-order valence-electron chi connectivity index (χ4n) is 7.38. The minimum Gasteiger partial charge on any atom is -0.294 e. The summed E-state index contributed by atoms with van der Waals surface area (Å²) in [5.74, 6) is -1.10. The Morgan fingerprint density at radius 2 is 1.11 bits per heavy atom. The number of rotatable bonds is 11. The third-order valence-corrected chi connectivity index (χ3v) is 11.0. The first-order valence-electron chi connectivity index (χ1n) is 18.0. The molecule has 1 N–H and O–H groups in total. The van der Waals surface area contributed by atoms with Crippen molar-refractivity contribution in [2.24, 2.45) is 0 Å². The normalized spacial score (nSPS) is 16.1. The molecule has 268 valence electrons. The maximum Gasteiger partial charge on any atom is 0.294 e. The molecule has 6 aromatic carbocycles. The summed E-state index contributed by atoms with van der Waals surface area (Å²) in [4.78, 5) is 28.1. The van der Waals surface area contributed by atoms with Crippen molar-refractivity contribution in [1.29, 1.82) is 0 Å². The molecular weight excluding hydrogens is 689 g/mol. The van der Waals surface area contributed by atoms with E-state index in [9.17, 15) is 22.6 Å². The van der Waals surface area contributed by atoms with Crippen molar-refractivity contribution in [3.63, 3.8) is 0 Å². The van der Waals surface area contributed by atoms with Gasteiger partial charge in [-0.25, -0.2) is 0 Å². The van der Waals surface area contributed by atoms with Gasteiger partial charge in [0.15, 0.2) is 11.6 Å². The van der Waals surface area contributed by atoms with Gasteiger partial charge in [0.1, 0.15) is 0 Å². The largest absolute Gasteiger partial charge is 0.294 e. The fraction of sp³-hybridized carbons (Fsp3) is 0.125. The Morgan fingerprint density at radius 1 is 0.593 bits per heavy atom. The Kier molecular flexibility index (Phi) is 10.5. The van der Waals surface area contributed by atoms with Gasteiger partial charge in [0.05, 0.1) is 10.8 Å². The van der Waals surface area contributed by atoms with Gasteiger partial charge in [-0.1, -0.05) is 157 Å². The molecule has 0 radical (unpaired) electrons. The molecule has 0 spiro atoms. The van der Waals surface area contributed by atoms with Crippen molar-refractivity contribution in [2.45, 2.75) is 43.4 Å². The van der Waals surface area contributed by atoms with Gasteiger partial charge in [0.25, 0.3) is 10.1 Å². The molecule has 1 aliphatic carbocycles. The highest BCUT2D eigenvalue weighted by molar-refractivity contribution is 7.85. The molecule has 1 aliphatic rings. The molecule has 2 atom stereocenters. The van der Waals surface area contributed by atoms with Crippen LogP contribution in [0.3, 0.4) is 0 Å². The van der Waals surface area contributed by atoms with Gasteiger partial charge in [-0.15, -0.1) is 0 Å². The van der Waals surface area contributed by atoms with E-state index in [4.69, 9.17) is 0 Å². The zero-order chi connectivity index (χ0) is 37.8. The molecule has 2 unspecified atom stereocenters. The smallest absolute Gasteiger partial charge is 0.294 e. The van der Waals surface area contributed by atoms with E-state index >= 15 is 0 Å². The number of carbonyl (C=O) groups is 2. The summed E-state index contributed by atoms with van der Waals surface area (Å²) < 4.78 is 33.5. The van der Waals surface area contributed by atoms with Gasteiger partial charge in [-0.3, -0.25) is 14.1 Å². The van der Waals surface area contributed by atoms with Crippen LogP contribution in [0.15, 0.2) is 169 Å². The molecule has 6 heteroatoms. The molecule has 0 amide bonds. The van der Waals surface area contributed by atoms with Gasteiger partial charge >= 0.3 is 0 Å². The maximum absolute atomic E-state index is 14.8. The summed E-state index contributed by atoms with van der Waals surface area (Å²) >= 11 is 0. The molecule has 54 heavy (non-hydrogen) atoms. The topological polar surface area (TPSA) is 88.5 Å². The Hall–Kier alpha value is -5.95. The van der Waals surface area contributed by atoms with E-state index in [0.717, 1.165) is 55.7 Å². The number of benzene rings is 6. The molecule has 6 aromatic rings. The highest BCUT2D eigenvalue weighted by Gasteiger charge is 2.44. The maximum atomic E-state index is 14.8. The van der Waals surface area contributed by atoms with Crippen molar-refractivity contribution >= 4 is 38.4 Å². The molecular formula is C48H40O5S. The SMILES string of the molecule is Cc1ccc(CC(=O)/C=C(\Cc2ccccc2)c2ccc(C3=C(c4ccc(C)cc4)C(=O)C(c4ccc(S(=O)(=O)O)cc4)C3c3ccccc3)cc2)cc1. The summed E-state index contributed by atoms with van der Waals surface area (Å²) in [6, 6.07) is 50.0. The molecule has 0 saturated carbocycles. The van der Waals surface area contributed by atoms with E-state index in [1.165, 1.54) is 12.1 Å². The van der Waals surface area contributed by atoms with Crippen molar-refractivity contribution in [3.8, 4) is 0 Å². The van der Waals surface area contributed by atoms with Crippen molar-refractivity contribution in [1.82, 2.24) is 0 Å². The Morgan fingerprint density at radius 3 is 1.70 bits per heavy atom. The average Bonchev–Trinajstić information content (AvgIpc) is 3.48. The highest BCUT2D eigenvalue weighted by Crippen LogP contribution is 2.54. The van der Waals surface area contributed by atoms with Gasteiger partial charge in [-0.05, 0) is 88.6 Å². The van der Waals surface area contributed by atoms with Gasteiger partial charge in [-0.2, -0.15) is 8.42 Å². The number of hydrogen-bond donors (Lipinski definition) is 1. The van der Waals surface area contributed by atoms with E-state index in [2.05, 4.69) is 12.1 Å². The second-order valence-electron chi connectivity index (χ2n) is 14.0. The third kappa shape index (κ3) is 8.01. The van der Waals surface area contributed by atoms with E-state index < -0.39 is 22.0 Å². The number of ketones is 2. The van der Waals surface area contributed by atoms with Crippen LogP contribution in [-0.2, 0) is 32.5 Å². The number of hydrogen-bond acceptors (Lipinski definition) is 4. The lowest BCUT2D eigenvalue weighted by molar-refractivity contribution is -0.115. The van der Waals surface area contributed by atoms with Gasteiger partial charge in [0.2, 0.25) is 0 Å². The quantitative estimate of drug-likeness (QED) is 0.106. The van der Waals surface area contributed by atoms with Crippen molar-refractivity contribution in [2.75, 3.05) is 0 Å². The lowest BCUT2D eigenvalue weighted by atomic mass is 9.78. The van der Waals surface area contributed by atoms with E-state index in [1.807, 2.05) is 135 Å². The zero-order valence-corrected chi connectivity index (χ0v) is 31.0. The second-order valence-corrected chi connectivity index (χ2v) is 15.4. The number of allylic oxidation sites excluding steroid dienone is 4. The molecule has 7 rings (SSSR count). The highest BCUT2D eigenvalue weighted by atomic mass is 32.2. The van der Waals surface area contributed by atoms with E-state index in [1.54, 1.807) is 18.2 Å². The Bertz CT molecular complexity index is 2460. The molecule has 0 aromatic heterocycles. The lowest BCUT2D eigenvalue weighted by Crippen LogP contribution is -2.15. The van der Waals surface area contributed by atoms with E-state index in [0.29, 0.717) is 24.0 Å². The zero-order valence-electron chi connectivity index (χ0n) is 30.1. The molecule has 0 bridgehead atoms. The van der Waals surface area contributed by atoms with Crippen LogP contribution in [0.5, 0.6) is 0 Å². The summed E-state index contributed by atoms with van der Waals surface area (Å²) in [6.07, 6.45) is 2.64. The monoisotopic (exact) mass is 728 g/mol. The van der Waals surface area contributed by atoms with Crippen LogP contribution >= 0.6 is 0 Å². The predicted molar refractivity (Wildman–Crippen MR) is 216 cm³/mol. The van der Waals surface area contributed by atoms with Crippen LogP contribution in [0.1, 0.15) is 61.9 Å². The number of aryl methyl sites for hydroxylation is 2. The third-order valence-electron chi connectivity index (χ3n) is 10.1. The molecule has 0 saturated heterocycles. The number of carbonyl (C=O) groups excluding carboxylic acids is 2. The summed E-state index contributed by atoms with van der Waals surface area (Å²) in [5, 5.41) is 0. The van der Waals surface area contributed by atoms with Crippen LogP contribution in [0.25, 0.3) is 16.7 Å². The first kappa shape index (κ1) is 36.4. The van der Waals surface area contributed by atoms with Crippen LogP contribution < -0.4 is 0 Å². The van der Waals surface area contributed by atoms with Crippen LogP contribution in [0.4, 0.5) is 0 Å². The van der Waals surface area contributed by atoms with Crippen LogP contribution in [-0.4, -0.2) is 24.5 Å². The molecule has 0 aliphatic heterocycles. The summed E-state index contributed by atoms with van der Waals surface area (Å²) in [7, 11) is -4.41. The van der Waals surface area contributed by atoms with E-state index in [-0.39, 0.29) is 16.5 Å². The first-order chi connectivity index (χ1) is 26.0. The summed E-state index contributed by atoms with van der Waals surface area (Å²) in [5.41, 5.74) is 10.8. The average molecular weight is 729 g/mol. The fourth-order valence-corrected chi connectivity index (χ4v) is 7.86. The second kappa shape index (κ2) is 15.6. The molecule has 5 nitrogen and oxygen atoms in total. The lowest BCUT2D eigenvalue weighted by Gasteiger charge is -2.23. The molecule has 0 fully saturated rings. The van der Waals surface area contributed by atoms with Crippen molar-refractivity contribution in [3.05, 3.63) is 214 Å². The van der Waals surface area contributed by atoms with Gasteiger partial charge < -0.3 is 0 Å². The minimum atomic E-state index is -4.41. The Labute approximate surface area is 317 Å². The van der Waals surface area contributed by atoms with Crippen LogP contribution in [0, 0.1) is 13.8 Å².